The number of nitrogens with zero attached hydrogens (tertiary/aromatic N) is 1. The number of carbonyl (C=O) groups excluding carboxylic acids is 1. The number of nitro benzene ring substituents is 1. The van der Waals surface area contributed by atoms with Crippen molar-refractivity contribution in [3.05, 3.63) is 33.6 Å². The first-order chi connectivity index (χ1) is 8.97. The Kier molecular flexibility index (Phi) is 3.12. The second-order valence-corrected chi connectivity index (χ2v) is 3.84. The lowest BCUT2D eigenvalue weighted by Crippen LogP contribution is -2.04. The summed E-state index contributed by atoms with van der Waals surface area (Å²) in [6.45, 7) is 3.41. The highest BCUT2D eigenvalue weighted by Gasteiger charge is 2.27. The summed E-state index contributed by atoms with van der Waals surface area (Å²) >= 11 is 0. The Morgan fingerprint density at radius 2 is 2.21 bits per heavy atom. The first kappa shape index (κ1) is 12.9. The minimum Gasteiger partial charge on any atom is -0.502 e. The topological polar surface area (TPSA) is 103 Å². The van der Waals surface area contributed by atoms with Crippen molar-refractivity contribution in [3.8, 4) is 5.75 Å². The van der Waals surface area contributed by atoms with Crippen molar-refractivity contribution in [2.24, 2.45) is 0 Å². The first-order valence-corrected chi connectivity index (χ1v) is 5.54. The van der Waals surface area contributed by atoms with E-state index < -0.39 is 22.3 Å². The normalized spacial score (nSPS) is 10.6. The molecule has 0 unspecified atom stereocenters. The number of aryl methyl sites for hydroxylation is 1. The molecule has 0 aliphatic carbocycles. The van der Waals surface area contributed by atoms with Crippen LogP contribution in [0.25, 0.3) is 11.0 Å². The van der Waals surface area contributed by atoms with E-state index in [4.69, 9.17) is 9.15 Å². The fraction of sp³-hybridized carbons (Fsp3) is 0.250. The van der Waals surface area contributed by atoms with Gasteiger partial charge in [-0.2, -0.15) is 0 Å². The van der Waals surface area contributed by atoms with Crippen molar-refractivity contribution >= 4 is 22.6 Å². The van der Waals surface area contributed by atoms with Crippen molar-refractivity contribution in [2.75, 3.05) is 6.61 Å². The highest BCUT2D eigenvalue weighted by molar-refractivity contribution is 5.99. The molecule has 0 fully saturated rings. The number of phenolic OH excluding ortho intramolecular Hbond substituents is 1. The fourth-order valence-corrected chi connectivity index (χ4v) is 1.83. The maximum absolute atomic E-state index is 11.7. The second kappa shape index (κ2) is 4.60. The largest absolute Gasteiger partial charge is 0.502 e. The van der Waals surface area contributed by atoms with Gasteiger partial charge in [-0.15, -0.1) is 0 Å². The lowest BCUT2D eigenvalue weighted by molar-refractivity contribution is -0.384. The van der Waals surface area contributed by atoms with Crippen LogP contribution in [0.2, 0.25) is 0 Å². The Balaban J connectivity index is 2.73. The molecule has 0 aliphatic rings. The summed E-state index contributed by atoms with van der Waals surface area (Å²) in [5, 5.41) is 20.8. The van der Waals surface area contributed by atoms with Gasteiger partial charge in [-0.05, 0) is 26.0 Å². The number of phenols is 1. The zero-order valence-electron chi connectivity index (χ0n) is 10.3. The minimum atomic E-state index is -0.754. The molecule has 0 bridgehead atoms. The Labute approximate surface area is 107 Å². The summed E-state index contributed by atoms with van der Waals surface area (Å²) in [6.07, 6.45) is 0. The molecule has 0 aliphatic heterocycles. The molecule has 1 aromatic carbocycles. The molecule has 0 saturated heterocycles. The van der Waals surface area contributed by atoms with Gasteiger partial charge in [0, 0.05) is 10.9 Å². The molecule has 1 N–H and O–H groups in total. The van der Waals surface area contributed by atoms with Gasteiger partial charge < -0.3 is 14.3 Å². The highest BCUT2D eigenvalue weighted by atomic mass is 16.6. The second-order valence-electron chi connectivity index (χ2n) is 3.84. The van der Waals surface area contributed by atoms with Crippen LogP contribution in [0.3, 0.4) is 0 Å². The number of benzene rings is 1. The van der Waals surface area contributed by atoms with Crippen molar-refractivity contribution < 1.29 is 24.0 Å². The van der Waals surface area contributed by atoms with E-state index in [9.17, 15) is 20.0 Å². The van der Waals surface area contributed by atoms with Gasteiger partial charge in [-0.3, -0.25) is 10.1 Å². The van der Waals surface area contributed by atoms with E-state index in [1.165, 1.54) is 12.1 Å². The van der Waals surface area contributed by atoms with Crippen LogP contribution in [0.4, 0.5) is 5.69 Å². The molecule has 2 aromatic rings. The van der Waals surface area contributed by atoms with Crippen molar-refractivity contribution in [1.29, 1.82) is 0 Å². The lowest BCUT2D eigenvalue weighted by atomic mass is 10.1. The average Bonchev–Trinajstić information content (AvgIpc) is 2.66. The molecule has 7 heteroatoms. The standard InChI is InChI=1S/C12H11NO6/c1-3-18-12(15)10-6(2)7-4-5-8(14)9(13(16)17)11(7)19-10/h4-5,14H,3H2,1-2H3. The average molecular weight is 265 g/mol. The Morgan fingerprint density at radius 1 is 1.53 bits per heavy atom. The van der Waals surface area contributed by atoms with Crippen LogP contribution in [-0.4, -0.2) is 22.6 Å². The van der Waals surface area contributed by atoms with Crippen LogP contribution >= 0.6 is 0 Å². The van der Waals surface area contributed by atoms with E-state index in [-0.39, 0.29) is 18.0 Å². The molecular formula is C12H11NO6. The predicted octanol–water partition coefficient (Wildman–Crippen LogP) is 2.53. The number of fused-ring (bicyclic) bond motifs is 1. The molecule has 7 nitrogen and oxygen atoms in total. The molecule has 100 valence electrons. The smallest absolute Gasteiger partial charge is 0.374 e. The maximum Gasteiger partial charge on any atom is 0.374 e. The highest BCUT2D eigenvalue weighted by Crippen LogP contribution is 2.38. The summed E-state index contributed by atoms with van der Waals surface area (Å²) in [4.78, 5) is 21.8. The van der Waals surface area contributed by atoms with Gasteiger partial charge in [0.05, 0.1) is 11.5 Å². The fourth-order valence-electron chi connectivity index (χ4n) is 1.83. The Morgan fingerprint density at radius 3 is 2.79 bits per heavy atom. The van der Waals surface area contributed by atoms with Gasteiger partial charge in [-0.1, -0.05) is 0 Å². The monoisotopic (exact) mass is 265 g/mol. The number of carbonyl (C=O) groups is 1. The number of hydrogen-bond acceptors (Lipinski definition) is 6. The molecule has 0 saturated carbocycles. The van der Waals surface area contributed by atoms with Crippen LogP contribution in [0.1, 0.15) is 23.0 Å². The number of ether oxygens (including phenoxy) is 1. The predicted molar refractivity (Wildman–Crippen MR) is 65.2 cm³/mol. The molecule has 0 amide bonds. The van der Waals surface area contributed by atoms with Crippen LogP contribution in [0, 0.1) is 17.0 Å². The van der Waals surface area contributed by atoms with E-state index >= 15 is 0 Å². The van der Waals surface area contributed by atoms with Gasteiger partial charge in [-0.25, -0.2) is 4.79 Å². The number of furan rings is 1. The molecule has 2 rings (SSSR count). The van der Waals surface area contributed by atoms with Gasteiger partial charge in [0.1, 0.15) is 0 Å². The SMILES string of the molecule is CCOC(=O)c1oc2c([N+](=O)[O-])c(O)ccc2c1C. The first-order valence-electron chi connectivity index (χ1n) is 5.54. The van der Waals surface area contributed by atoms with E-state index in [1.807, 2.05) is 0 Å². The third kappa shape index (κ3) is 1.99. The van der Waals surface area contributed by atoms with Crippen molar-refractivity contribution in [1.82, 2.24) is 0 Å². The lowest BCUT2D eigenvalue weighted by Gasteiger charge is -1.97. The number of hydrogen-bond donors (Lipinski definition) is 1. The van der Waals surface area contributed by atoms with Gasteiger partial charge in [0.2, 0.25) is 11.3 Å². The van der Waals surface area contributed by atoms with Crippen LogP contribution in [-0.2, 0) is 4.74 Å². The van der Waals surface area contributed by atoms with Crippen molar-refractivity contribution in [2.45, 2.75) is 13.8 Å². The zero-order valence-corrected chi connectivity index (χ0v) is 10.3. The summed E-state index contributed by atoms with van der Waals surface area (Å²) in [6, 6.07) is 2.65. The third-order valence-corrected chi connectivity index (χ3v) is 2.70. The summed E-state index contributed by atoms with van der Waals surface area (Å²) < 4.78 is 10.0. The number of esters is 1. The van der Waals surface area contributed by atoms with Crippen LogP contribution in [0.15, 0.2) is 16.5 Å². The Hall–Kier alpha value is -2.57. The molecule has 0 spiro atoms. The molecule has 19 heavy (non-hydrogen) atoms. The quantitative estimate of drug-likeness (QED) is 0.519. The number of nitro groups is 1. The van der Waals surface area contributed by atoms with Crippen LogP contribution in [0.5, 0.6) is 5.75 Å². The third-order valence-electron chi connectivity index (χ3n) is 2.70. The van der Waals surface area contributed by atoms with E-state index in [0.717, 1.165) is 0 Å². The summed E-state index contributed by atoms with van der Waals surface area (Å²) in [5.74, 6) is -1.29. The molecular weight excluding hydrogens is 254 g/mol. The van der Waals surface area contributed by atoms with E-state index in [1.54, 1.807) is 13.8 Å². The number of aromatic hydroxyl groups is 1. The maximum atomic E-state index is 11.7. The summed E-state index contributed by atoms with van der Waals surface area (Å²) in [5.41, 5.74) is -0.252. The molecule has 1 aromatic heterocycles. The van der Waals surface area contributed by atoms with E-state index in [2.05, 4.69) is 0 Å². The Bertz CT molecular complexity index is 672. The minimum absolute atomic E-state index is 0.0921. The molecule has 0 radical (unpaired) electrons. The van der Waals surface area contributed by atoms with E-state index in [0.29, 0.717) is 10.9 Å². The van der Waals surface area contributed by atoms with Gasteiger partial charge in [0.15, 0.2) is 5.75 Å². The van der Waals surface area contributed by atoms with Crippen LogP contribution < -0.4 is 0 Å². The molecule has 0 atom stereocenters. The van der Waals surface area contributed by atoms with Crippen molar-refractivity contribution in [3.63, 3.8) is 0 Å². The number of rotatable bonds is 3. The van der Waals surface area contributed by atoms with Gasteiger partial charge >= 0.3 is 11.7 Å². The zero-order chi connectivity index (χ0) is 14.2. The summed E-state index contributed by atoms with van der Waals surface area (Å²) in [7, 11) is 0. The van der Waals surface area contributed by atoms with Gasteiger partial charge in [0.25, 0.3) is 0 Å². The molecule has 1 heterocycles.